The minimum atomic E-state index is -0.280. The molecule has 0 radical (unpaired) electrons. The summed E-state index contributed by atoms with van der Waals surface area (Å²) in [5.41, 5.74) is 5.25. The maximum Gasteiger partial charge on any atom is 0.231 e. The fourth-order valence-corrected chi connectivity index (χ4v) is 3.12. The molecule has 4 nitrogen and oxygen atoms in total. The number of carbonyl (C=O) groups is 2. The molecule has 1 aliphatic heterocycles. The Morgan fingerprint density at radius 2 is 2.12 bits per heavy atom. The van der Waals surface area contributed by atoms with Crippen molar-refractivity contribution in [2.45, 2.75) is 44.6 Å². The zero-order valence-electron chi connectivity index (χ0n) is 9.65. The summed E-state index contributed by atoms with van der Waals surface area (Å²) in [6, 6.07) is 0.274. The molecule has 2 N–H and O–H groups in total. The lowest BCUT2D eigenvalue weighted by molar-refractivity contribution is -0.126. The number of rotatable bonds is 3. The number of ketones is 1. The quantitative estimate of drug-likeness (QED) is 0.767. The molecular weight excluding hydrogens is 204 g/mol. The molecular formula is C12H20N2O2. The van der Waals surface area contributed by atoms with E-state index in [4.69, 9.17) is 5.73 Å². The number of likely N-dealkylation sites (tertiary alicyclic amines) is 1. The minimum Gasteiger partial charge on any atom is -0.369 e. The summed E-state index contributed by atoms with van der Waals surface area (Å²) in [4.78, 5) is 24.9. The van der Waals surface area contributed by atoms with E-state index >= 15 is 0 Å². The van der Waals surface area contributed by atoms with Gasteiger partial charge in [0, 0.05) is 18.4 Å². The first kappa shape index (κ1) is 11.6. The minimum absolute atomic E-state index is 0.166. The second-order valence-corrected chi connectivity index (χ2v) is 4.96. The summed E-state index contributed by atoms with van der Waals surface area (Å²) in [7, 11) is 0. The van der Waals surface area contributed by atoms with Gasteiger partial charge in [-0.05, 0) is 32.2 Å². The Bertz CT molecular complexity index is 291. The van der Waals surface area contributed by atoms with Crippen molar-refractivity contribution >= 4 is 11.7 Å². The summed E-state index contributed by atoms with van der Waals surface area (Å²) in [6.45, 7) is 1.23. The van der Waals surface area contributed by atoms with Crippen LogP contribution in [0.5, 0.6) is 0 Å². The van der Waals surface area contributed by atoms with E-state index in [1.54, 1.807) is 0 Å². The van der Waals surface area contributed by atoms with Gasteiger partial charge in [-0.1, -0.05) is 6.42 Å². The topological polar surface area (TPSA) is 63.4 Å². The van der Waals surface area contributed by atoms with Crippen molar-refractivity contribution in [3.63, 3.8) is 0 Å². The molecule has 1 saturated heterocycles. The predicted octanol–water partition coefficient (Wildman–Crippen LogP) is 0.695. The van der Waals surface area contributed by atoms with Crippen molar-refractivity contribution in [3.8, 4) is 0 Å². The summed E-state index contributed by atoms with van der Waals surface area (Å²) in [6.07, 6.45) is 6.08. The third-order valence-electron chi connectivity index (χ3n) is 3.84. The Morgan fingerprint density at radius 3 is 2.75 bits per heavy atom. The van der Waals surface area contributed by atoms with Crippen LogP contribution in [0.4, 0.5) is 0 Å². The average molecular weight is 224 g/mol. The van der Waals surface area contributed by atoms with Crippen LogP contribution in [0.15, 0.2) is 0 Å². The number of nitrogens with zero attached hydrogens (tertiary/aromatic N) is 1. The van der Waals surface area contributed by atoms with Crippen molar-refractivity contribution in [1.82, 2.24) is 4.90 Å². The van der Waals surface area contributed by atoms with E-state index in [1.165, 1.54) is 6.42 Å². The van der Waals surface area contributed by atoms with Crippen molar-refractivity contribution in [1.29, 1.82) is 0 Å². The molecule has 1 amide bonds. The summed E-state index contributed by atoms with van der Waals surface area (Å²) < 4.78 is 0. The fraction of sp³-hybridized carbons (Fsp3) is 0.833. The Labute approximate surface area is 96.2 Å². The van der Waals surface area contributed by atoms with Gasteiger partial charge in [0.05, 0.1) is 6.54 Å². The van der Waals surface area contributed by atoms with Gasteiger partial charge in [-0.2, -0.15) is 0 Å². The highest BCUT2D eigenvalue weighted by molar-refractivity contribution is 5.83. The highest BCUT2D eigenvalue weighted by atomic mass is 16.1. The predicted molar refractivity (Wildman–Crippen MR) is 60.8 cm³/mol. The van der Waals surface area contributed by atoms with Gasteiger partial charge in [0.1, 0.15) is 5.78 Å². The highest BCUT2D eigenvalue weighted by Gasteiger charge is 2.36. The van der Waals surface area contributed by atoms with E-state index in [2.05, 4.69) is 4.90 Å². The summed E-state index contributed by atoms with van der Waals surface area (Å²) in [5, 5.41) is 0. The molecule has 2 unspecified atom stereocenters. The molecule has 0 aromatic carbocycles. The van der Waals surface area contributed by atoms with Crippen LogP contribution < -0.4 is 5.73 Å². The molecule has 4 heteroatoms. The van der Waals surface area contributed by atoms with Crippen LogP contribution in [0.3, 0.4) is 0 Å². The Morgan fingerprint density at radius 1 is 1.31 bits per heavy atom. The molecule has 0 aromatic heterocycles. The summed E-state index contributed by atoms with van der Waals surface area (Å²) in [5.74, 6) is 0.276. The first-order valence-electron chi connectivity index (χ1n) is 6.23. The zero-order valence-corrected chi connectivity index (χ0v) is 9.65. The number of primary amides is 1. The fourth-order valence-electron chi connectivity index (χ4n) is 3.12. The van der Waals surface area contributed by atoms with Crippen LogP contribution in [0.1, 0.15) is 38.5 Å². The van der Waals surface area contributed by atoms with Gasteiger partial charge >= 0.3 is 0 Å². The second-order valence-electron chi connectivity index (χ2n) is 4.96. The van der Waals surface area contributed by atoms with Crippen molar-refractivity contribution in [3.05, 3.63) is 0 Å². The number of hydrogen-bond donors (Lipinski definition) is 1. The monoisotopic (exact) mass is 224 g/mol. The van der Waals surface area contributed by atoms with Crippen LogP contribution in [-0.2, 0) is 9.59 Å². The maximum atomic E-state index is 11.8. The van der Waals surface area contributed by atoms with Gasteiger partial charge in [-0.3, -0.25) is 14.5 Å². The van der Waals surface area contributed by atoms with Crippen molar-refractivity contribution in [2.24, 2.45) is 11.7 Å². The molecule has 1 saturated carbocycles. The third kappa shape index (κ3) is 2.43. The summed E-state index contributed by atoms with van der Waals surface area (Å²) >= 11 is 0. The first-order valence-corrected chi connectivity index (χ1v) is 6.23. The lowest BCUT2D eigenvalue weighted by Gasteiger charge is -2.37. The van der Waals surface area contributed by atoms with Gasteiger partial charge in [0.2, 0.25) is 5.91 Å². The standard InChI is InChI=1S/C12H20N2O2/c13-12(16)8-14-7-2-1-5-10(14)9-4-3-6-11(9)15/h9-10H,1-8H2,(H2,13,16). The van der Waals surface area contributed by atoms with Crippen LogP contribution in [0.2, 0.25) is 0 Å². The van der Waals surface area contributed by atoms with Crippen LogP contribution in [0.25, 0.3) is 0 Å². The van der Waals surface area contributed by atoms with Crippen LogP contribution >= 0.6 is 0 Å². The molecule has 0 bridgehead atoms. The van der Waals surface area contributed by atoms with E-state index < -0.39 is 0 Å². The lowest BCUT2D eigenvalue weighted by Crippen LogP contribution is -2.48. The Balaban J connectivity index is 2.03. The van der Waals surface area contributed by atoms with E-state index in [0.29, 0.717) is 12.3 Å². The van der Waals surface area contributed by atoms with E-state index in [-0.39, 0.29) is 17.9 Å². The van der Waals surface area contributed by atoms with E-state index in [1.807, 2.05) is 0 Å². The van der Waals surface area contributed by atoms with Crippen molar-refractivity contribution in [2.75, 3.05) is 13.1 Å². The largest absolute Gasteiger partial charge is 0.369 e. The molecule has 1 heterocycles. The lowest BCUT2D eigenvalue weighted by atomic mass is 9.88. The van der Waals surface area contributed by atoms with Gasteiger partial charge in [-0.25, -0.2) is 0 Å². The number of amides is 1. The molecule has 2 atom stereocenters. The van der Waals surface area contributed by atoms with E-state index in [0.717, 1.165) is 38.6 Å². The number of hydrogen-bond acceptors (Lipinski definition) is 3. The number of carbonyl (C=O) groups excluding carboxylic acids is 2. The van der Waals surface area contributed by atoms with Gasteiger partial charge < -0.3 is 5.73 Å². The molecule has 2 fully saturated rings. The normalized spacial score (nSPS) is 31.9. The molecule has 16 heavy (non-hydrogen) atoms. The molecule has 90 valence electrons. The van der Waals surface area contributed by atoms with Gasteiger partial charge in [0.15, 0.2) is 0 Å². The van der Waals surface area contributed by atoms with Gasteiger partial charge in [0.25, 0.3) is 0 Å². The Hall–Kier alpha value is -0.900. The molecule has 2 rings (SSSR count). The SMILES string of the molecule is NC(=O)CN1CCCCC1C1CCCC1=O. The van der Waals surface area contributed by atoms with E-state index in [9.17, 15) is 9.59 Å². The number of nitrogens with two attached hydrogens (primary N) is 1. The maximum absolute atomic E-state index is 11.8. The third-order valence-corrected chi connectivity index (χ3v) is 3.84. The number of piperidine rings is 1. The molecule has 0 aromatic rings. The first-order chi connectivity index (χ1) is 7.68. The molecule has 0 spiro atoms. The van der Waals surface area contributed by atoms with Crippen LogP contribution in [0, 0.1) is 5.92 Å². The number of Topliss-reactive ketones (excluding diaryl/α,β-unsaturated/α-hetero) is 1. The zero-order chi connectivity index (χ0) is 11.5. The van der Waals surface area contributed by atoms with Gasteiger partial charge in [-0.15, -0.1) is 0 Å². The highest BCUT2D eigenvalue weighted by Crippen LogP contribution is 2.32. The second kappa shape index (κ2) is 4.95. The molecule has 1 aliphatic carbocycles. The Kier molecular flexibility index (Phi) is 3.59. The van der Waals surface area contributed by atoms with Crippen molar-refractivity contribution < 1.29 is 9.59 Å². The molecule has 2 aliphatic rings. The smallest absolute Gasteiger partial charge is 0.231 e. The van der Waals surface area contributed by atoms with Crippen LogP contribution in [-0.4, -0.2) is 35.7 Å². The average Bonchev–Trinajstić information content (AvgIpc) is 2.64.